The summed E-state index contributed by atoms with van der Waals surface area (Å²) in [6.07, 6.45) is 1.56. The molecule has 0 fully saturated rings. The molecule has 0 atom stereocenters. The van der Waals surface area contributed by atoms with E-state index < -0.39 is 0 Å². The number of rotatable bonds is 2. The lowest BCUT2D eigenvalue weighted by molar-refractivity contribution is 1.18. The largest absolute Gasteiger partial charge is 0.345 e. The van der Waals surface area contributed by atoms with Crippen molar-refractivity contribution in [3.05, 3.63) is 81.1 Å². The topological polar surface area (TPSA) is 75.9 Å². The van der Waals surface area contributed by atoms with Crippen molar-refractivity contribution in [2.45, 2.75) is 6.92 Å². The first-order chi connectivity index (χ1) is 14.5. The molecule has 0 aliphatic heterocycles. The first kappa shape index (κ1) is 18.4. The van der Waals surface area contributed by atoms with Crippen molar-refractivity contribution in [1.82, 2.24) is 19.9 Å². The molecule has 1 N–H and O–H groups in total. The number of aryl methyl sites for hydroxylation is 1. The lowest BCUT2D eigenvalue weighted by Crippen LogP contribution is -2.06. The van der Waals surface area contributed by atoms with Gasteiger partial charge in [0.15, 0.2) is 16.9 Å². The van der Waals surface area contributed by atoms with Gasteiger partial charge in [0.05, 0.1) is 17.1 Å². The van der Waals surface area contributed by atoms with Gasteiger partial charge in [-0.15, -0.1) is 11.3 Å². The standard InChI is InChI=1S/C22H12ClN5OS/c1-11-7-13(9-18(23)26-11)19-21(28-22-20(27-19)15(29)5-6-25-22)17-8-12-3-4-14(24-2)10-16(12)30-17/h3-10H,1H3,(H,25,28,29). The van der Waals surface area contributed by atoms with Gasteiger partial charge in [0.1, 0.15) is 10.8 Å². The maximum Gasteiger partial charge on any atom is 0.209 e. The summed E-state index contributed by atoms with van der Waals surface area (Å²) in [5.41, 5.74) is 3.72. The molecule has 0 aliphatic rings. The molecule has 4 heterocycles. The van der Waals surface area contributed by atoms with E-state index in [-0.39, 0.29) is 10.9 Å². The Morgan fingerprint density at radius 1 is 1.07 bits per heavy atom. The molecule has 0 aliphatic carbocycles. The van der Waals surface area contributed by atoms with Crippen molar-refractivity contribution in [2.24, 2.45) is 0 Å². The van der Waals surface area contributed by atoms with E-state index in [1.807, 2.05) is 31.2 Å². The molecule has 0 saturated heterocycles. The minimum Gasteiger partial charge on any atom is -0.345 e. The van der Waals surface area contributed by atoms with Gasteiger partial charge in [0.2, 0.25) is 5.43 Å². The molecule has 8 heteroatoms. The third kappa shape index (κ3) is 3.12. The maximum absolute atomic E-state index is 12.4. The second-order valence-corrected chi connectivity index (χ2v) is 8.20. The Kier molecular flexibility index (Phi) is 4.31. The molecule has 0 radical (unpaired) electrons. The number of pyridine rings is 2. The molecule has 0 spiro atoms. The molecule has 144 valence electrons. The molecule has 30 heavy (non-hydrogen) atoms. The van der Waals surface area contributed by atoms with Crippen LogP contribution in [0.5, 0.6) is 0 Å². The SMILES string of the molecule is [C-]#[N+]c1ccc2cc(-c3nc4[nH]ccc(=O)c4nc3-c3cc(C)nc(Cl)c3)sc2c1. The fourth-order valence-corrected chi connectivity index (χ4v) is 4.66. The highest BCUT2D eigenvalue weighted by molar-refractivity contribution is 7.22. The predicted molar refractivity (Wildman–Crippen MR) is 120 cm³/mol. The number of aromatic nitrogens is 4. The first-order valence-corrected chi connectivity index (χ1v) is 10.2. The van der Waals surface area contributed by atoms with Crippen LogP contribution >= 0.6 is 22.9 Å². The minimum atomic E-state index is -0.209. The Balaban J connectivity index is 1.84. The summed E-state index contributed by atoms with van der Waals surface area (Å²) in [4.78, 5) is 33.4. The molecule has 5 aromatic rings. The average molecular weight is 430 g/mol. The second-order valence-electron chi connectivity index (χ2n) is 6.72. The zero-order chi connectivity index (χ0) is 20.8. The molecule has 0 bridgehead atoms. The van der Waals surface area contributed by atoms with Gasteiger partial charge in [0.25, 0.3) is 0 Å². The first-order valence-electron chi connectivity index (χ1n) is 8.97. The molecule has 0 saturated carbocycles. The Bertz CT molecular complexity index is 1540. The number of halogens is 1. The molecule has 4 aromatic heterocycles. The van der Waals surface area contributed by atoms with Crippen molar-refractivity contribution >= 4 is 49.9 Å². The number of hydrogen-bond donors (Lipinski definition) is 1. The van der Waals surface area contributed by atoms with Crippen molar-refractivity contribution in [1.29, 1.82) is 0 Å². The van der Waals surface area contributed by atoms with Crippen LogP contribution in [0, 0.1) is 13.5 Å². The van der Waals surface area contributed by atoms with E-state index in [1.165, 1.54) is 17.4 Å². The quantitative estimate of drug-likeness (QED) is 0.285. The number of nitrogens with one attached hydrogen (secondary N) is 1. The van der Waals surface area contributed by atoms with Gasteiger partial charge in [-0.2, -0.15) is 0 Å². The van der Waals surface area contributed by atoms with Crippen molar-refractivity contribution in [3.63, 3.8) is 0 Å². The minimum absolute atomic E-state index is 0.209. The van der Waals surface area contributed by atoms with Crippen molar-refractivity contribution in [3.8, 4) is 21.8 Å². The van der Waals surface area contributed by atoms with E-state index >= 15 is 0 Å². The molecule has 0 amide bonds. The molecular weight excluding hydrogens is 418 g/mol. The van der Waals surface area contributed by atoms with Crippen LogP contribution in [0.2, 0.25) is 5.15 Å². The van der Waals surface area contributed by atoms with E-state index in [4.69, 9.17) is 23.2 Å². The van der Waals surface area contributed by atoms with Gasteiger partial charge >= 0.3 is 0 Å². The fourth-order valence-electron chi connectivity index (χ4n) is 3.33. The predicted octanol–water partition coefficient (Wildman–Crippen LogP) is 5.77. The number of aromatic amines is 1. The highest BCUT2D eigenvalue weighted by atomic mass is 35.5. The van der Waals surface area contributed by atoms with Crippen LogP contribution < -0.4 is 5.43 Å². The molecule has 1 aromatic carbocycles. The molecule has 0 unspecified atom stereocenters. The van der Waals surface area contributed by atoms with Crippen molar-refractivity contribution < 1.29 is 0 Å². The van der Waals surface area contributed by atoms with E-state index in [9.17, 15) is 4.79 Å². The summed E-state index contributed by atoms with van der Waals surface area (Å²) in [6, 6.07) is 12.6. The van der Waals surface area contributed by atoms with Gasteiger partial charge in [-0.05, 0) is 36.6 Å². The Morgan fingerprint density at radius 2 is 1.93 bits per heavy atom. The highest BCUT2D eigenvalue weighted by Crippen LogP contribution is 2.39. The lowest BCUT2D eigenvalue weighted by Gasteiger charge is -2.09. The zero-order valence-electron chi connectivity index (χ0n) is 15.6. The lowest BCUT2D eigenvalue weighted by atomic mass is 10.1. The summed E-state index contributed by atoms with van der Waals surface area (Å²) in [5, 5.41) is 1.36. The van der Waals surface area contributed by atoms with E-state index in [0.717, 1.165) is 26.2 Å². The van der Waals surface area contributed by atoms with Crippen LogP contribution in [0.15, 0.2) is 53.5 Å². The van der Waals surface area contributed by atoms with Gasteiger partial charge in [-0.3, -0.25) is 4.79 Å². The monoisotopic (exact) mass is 429 g/mol. The van der Waals surface area contributed by atoms with Gasteiger partial charge in [0, 0.05) is 28.2 Å². The number of thiophene rings is 1. The van der Waals surface area contributed by atoms with Crippen LogP contribution in [0.3, 0.4) is 0 Å². The normalized spacial score (nSPS) is 11.1. The second kappa shape index (κ2) is 7.02. The summed E-state index contributed by atoms with van der Waals surface area (Å²) < 4.78 is 0.983. The number of hydrogen-bond acceptors (Lipinski definition) is 5. The van der Waals surface area contributed by atoms with Gasteiger partial charge in [-0.25, -0.2) is 19.8 Å². The third-order valence-corrected chi connectivity index (χ3v) is 5.94. The van der Waals surface area contributed by atoms with Crippen LogP contribution in [-0.2, 0) is 0 Å². The van der Waals surface area contributed by atoms with E-state index in [2.05, 4.69) is 19.8 Å². The number of fused-ring (bicyclic) bond motifs is 2. The van der Waals surface area contributed by atoms with Crippen LogP contribution in [0.4, 0.5) is 5.69 Å². The maximum atomic E-state index is 12.4. The third-order valence-electron chi connectivity index (χ3n) is 4.65. The summed E-state index contributed by atoms with van der Waals surface area (Å²) >= 11 is 7.72. The summed E-state index contributed by atoms with van der Waals surface area (Å²) in [6.45, 7) is 9.09. The average Bonchev–Trinajstić information content (AvgIpc) is 3.15. The van der Waals surface area contributed by atoms with E-state index in [1.54, 1.807) is 18.3 Å². The zero-order valence-corrected chi connectivity index (χ0v) is 17.2. The summed E-state index contributed by atoms with van der Waals surface area (Å²) in [5.74, 6) is 0. The summed E-state index contributed by atoms with van der Waals surface area (Å²) in [7, 11) is 0. The Morgan fingerprint density at radius 3 is 2.73 bits per heavy atom. The highest BCUT2D eigenvalue weighted by Gasteiger charge is 2.18. The van der Waals surface area contributed by atoms with Crippen LogP contribution in [-0.4, -0.2) is 19.9 Å². The fraction of sp³-hybridized carbons (Fsp3) is 0.0455. The van der Waals surface area contributed by atoms with Crippen LogP contribution in [0.1, 0.15) is 5.69 Å². The smallest absolute Gasteiger partial charge is 0.209 e. The van der Waals surface area contributed by atoms with Gasteiger partial charge < -0.3 is 4.98 Å². The Labute approximate surface area is 179 Å². The van der Waals surface area contributed by atoms with Gasteiger partial charge in [-0.1, -0.05) is 23.7 Å². The Hall–Kier alpha value is -3.60. The number of benzene rings is 1. The molecular formula is C22H12ClN5OS. The number of nitrogens with zero attached hydrogens (tertiary/aromatic N) is 4. The number of H-pyrrole nitrogens is 1. The van der Waals surface area contributed by atoms with Crippen LogP contribution in [0.25, 0.3) is 47.9 Å². The molecule has 6 nitrogen and oxygen atoms in total. The van der Waals surface area contributed by atoms with Crippen molar-refractivity contribution in [2.75, 3.05) is 0 Å². The molecule has 5 rings (SSSR count). The van der Waals surface area contributed by atoms with E-state index in [0.29, 0.717) is 27.9 Å².